The molecule has 0 aliphatic heterocycles. The molecule has 0 aromatic carbocycles. The molecule has 0 atom stereocenters. The second-order valence-corrected chi connectivity index (χ2v) is 4.42. The van der Waals surface area contributed by atoms with E-state index in [1.807, 2.05) is 17.7 Å². The topological polar surface area (TPSA) is 38.1 Å². The van der Waals surface area contributed by atoms with Crippen molar-refractivity contribution in [2.45, 2.75) is 13.3 Å². The molecule has 2 heterocycles. The molecule has 0 fully saturated rings. The third kappa shape index (κ3) is 1.82. The lowest BCUT2D eigenvalue weighted by Crippen LogP contribution is -2.01. The smallest absolute Gasteiger partial charge is 0.111 e. The van der Waals surface area contributed by atoms with E-state index in [1.54, 1.807) is 11.3 Å². The maximum absolute atomic E-state index is 8.92. The Morgan fingerprint density at radius 3 is 2.93 bits per heavy atom. The van der Waals surface area contributed by atoms with Gasteiger partial charge in [0, 0.05) is 19.2 Å². The molecule has 0 spiro atoms. The van der Waals surface area contributed by atoms with Crippen LogP contribution in [-0.2, 0) is 13.5 Å². The van der Waals surface area contributed by atoms with Gasteiger partial charge in [0.2, 0.25) is 0 Å². The largest absolute Gasteiger partial charge is 0.396 e. The highest BCUT2D eigenvalue weighted by Gasteiger charge is 2.12. The van der Waals surface area contributed by atoms with Crippen LogP contribution in [0.3, 0.4) is 0 Å². The summed E-state index contributed by atoms with van der Waals surface area (Å²) in [5.74, 6) is 0.943. The highest BCUT2D eigenvalue weighted by atomic mass is 32.1. The molecule has 1 N–H and O–H groups in total. The molecule has 0 amide bonds. The molecule has 0 saturated heterocycles. The molecule has 15 heavy (non-hydrogen) atoms. The van der Waals surface area contributed by atoms with E-state index in [2.05, 4.69) is 23.4 Å². The zero-order valence-electron chi connectivity index (χ0n) is 8.90. The fraction of sp³-hybridized carbons (Fsp3) is 0.364. The lowest BCUT2D eigenvalue weighted by Gasteiger charge is -1.99. The van der Waals surface area contributed by atoms with Gasteiger partial charge in [-0.2, -0.15) is 0 Å². The van der Waals surface area contributed by atoms with Crippen molar-refractivity contribution in [1.29, 1.82) is 0 Å². The molecule has 80 valence electrons. The summed E-state index contributed by atoms with van der Waals surface area (Å²) < 4.78 is 2.05. The Kier molecular flexibility index (Phi) is 2.88. The van der Waals surface area contributed by atoms with E-state index in [1.165, 1.54) is 4.88 Å². The quantitative estimate of drug-likeness (QED) is 0.862. The summed E-state index contributed by atoms with van der Waals surface area (Å²) in [5.41, 5.74) is 2.19. The van der Waals surface area contributed by atoms with Gasteiger partial charge in [-0.25, -0.2) is 4.98 Å². The van der Waals surface area contributed by atoms with Crippen LogP contribution in [0, 0.1) is 6.92 Å². The fourth-order valence-corrected chi connectivity index (χ4v) is 2.37. The van der Waals surface area contributed by atoms with Crippen molar-refractivity contribution in [3.05, 3.63) is 29.0 Å². The molecule has 2 aromatic rings. The van der Waals surface area contributed by atoms with E-state index >= 15 is 0 Å². The zero-order valence-corrected chi connectivity index (χ0v) is 9.71. The molecule has 0 radical (unpaired) electrons. The molecule has 0 unspecified atom stereocenters. The van der Waals surface area contributed by atoms with Crippen molar-refractivity contribution in [2.24, 2.45) is 7.05 Å². The normalized spacial score (nSPS) is 10.9. The maximum atomic E-state index is 8.92. The summed E-state index contributed by atoms with van der Waals surface area (Å²) in [6.45, 7) is 2.21. The second-order valence-electron chi connectivity index (χ2n) is 3.47. The van der Waals surface area contributed by atoms with Gasteiger partial charge in [0.1, 0.15) is 11.5 Å². The Morgan fingerprint density at radius 2 is 2.33 bits per heavy atom. The van der Waals surface area contributed by atoms with Gasteiger partial charge in [-0.05, 0) is 18.4 Å². The Labute approximate surface area is 93.0 Å². The van der Waals surface area contributed by atoms with Gasteiger partial charge in [0.25, 0.3) is 0 Å². The number of aromatic nitrogens is 2. The first-order valence-corrected chi connectivity index (χ1v) is 5.79. The molecule has 0 aliphatic carbocycles. The Bertz CT molecular complexity index is 445. The number of rotatable bonds is 3. The number of thiophene rings is 1. The lowest BCUT2D eigenvalue weighted by molar-refractivity contribution is 0.295. The van der Waals surface area contributed by atoms with Crippen molar-refractivity contribution >= 4 is 11.3 Å². The van der Waals surface area contributed by atoms with Crippen LogP contribution < -0.4 is 0 Å². The van der Waals surface area contributed by atoms with Crippen molar-refractivity contribution in [3.8, 4) is 10.6 Å². The van der Waals surface area contributed by atoms with E-state index < -0.39 is 0 Å². The Morgan fingerprint density at radius 1 is 1.53 bits per heavy atom. The predicted octanol–water partition coefficient (Wildman–Crippen LogP) is 1.99. The van der Waals surface area contributed by atoms with E-state index in [-0.39, 0.29) is 6.61 Å². The third-order valence-electron chi connectivity index (χ3n) is 2.56. The summed E-state index contributed by atoms with van der Waals surface area (Å²) in [5, 5.41) is 11.0. The molecule has 0 aliphatic rings. The number of aliphatic hydroxyl groups is 1. The van der Waals surface area contributed by atoms with Crippen LogP contribution in [-0.4, -0.2) is 21.3 Å². The summed E-state index contributed by atoms with van der Waals surface area (Å²) in [6, 6.07) is 4.10. The van der Waals surface area contributed by atoms with Gasteiger partial charge in [0.15, 0.2) is 0 Å². The number of aliphatic hydroxyl groups excluding tert-OH is 1. The number of nitrogens with zero attached hydrogens (tertiary/aromatic N) is 2. The van der Waals surface area contributed by atoms with Crippen LogP contribution in [0.5, 0.6) is 0 Å². The molecule has 3 nitrogen and oxygen atoms in total. The van der Waals surface area contributed by atoms with Crippen LogP contribution >= 0.6 is 11.3 Å². The molecular formula is C11H14N2OS. The van der Waals surface area contributed by atoms with Crippen molar-refractivity contribution < 1.29 is 5.11 Å². The summed E-state index contributed by atoms with van der Waals surface area (Å²) in [6.07, 6.45) is 0.614. The first-order valence-electron chi connectivity index (χ1n) is 4.91. The summed E-state index contributed by atoms with van der Waals surface area (Å²) in [4.78, 5) is 5.74. The zero-order chi connectivity index (χ0) is 10.8. The monoisotopic (exact) mass is 222 g/mol. The molecule has 0 bridgehead atoms. The van der Waals surface area contributed by atoms with E-state index in [9.17, 15) is 0 Å². The average molecular weight is 222 g/mol. The molecule has 4 heteroatoms. The van der Waals surface area contributed by atoms with Crippen molar-refractivity contribution in [3.63, 3.8) is 0 Å². The third-order valence-corrected chi connectivity index (χ3v) is 3.44. The van der Waals surface area contributed by atoms with Gasteiger partial charge in [-0.15, -0.1) is 11.3 Å². The van der Waals surface area contributed by atoms with Gasteiger partial charge >= 0.3 is 0 Å². The first-order chi connectivity index (χ1) is 7.24. The molecule has 2 aromatic heterocycles. The van der Waals surface area contributed by atoms with Crippen LogP contribution in [0.2, 0.25) is 0 Å². The second kappa shape index (κ2) is 4.16. The Hall–Kier alpha value is -1.13. The van der Waals surface area contributed by atoms with Crippen LogP contribution in [0.25, 0.3) is 10.6 Å². The highest BCUT2D eigenvalue weighted by molar-refractivity contribution is 7.13. The van der Waals surface area contributed by atoms with Crippen LogP contribution in [0.1, 0.15) is 11.5 Å². The van der Waals surface area contributed by atoms with E-state index in [0.29, 0.717) is 6.42 Å². The SMILES string of the molecule is Cc1c(-c2cccs2)nc(CCO)n1C. The minimum Gasteiger partial charge on any atom is -0.396 e. The fourth-order valence-electron chi connectivity index (χ4n) is 1.61. The minimum absolute atomic E-state index is 0.147. The molecule has 2 rings (SSSR count). The maximum Gasteiger partial charge on any atom is 0.111 e. The van der Waals surface area contributed by atoms with Gasteiger partial charge in [-0.1, -0.05) is 6.07 Å². The van der Waals surface area contributed by atoms with E-state index in [4.69, 9.17) is 5.11 Å². The minimum atomic E-state index is 0.147. The predicted molar refractivity (Wildman–Crippen MR) is 62.0 cm³/mol. The van der Waals surface area contributed by atoms with E-state index in [0.717, 1.165) is 17.2 Å². The summed E-state index contributed by atoms with van der Waals surface area (Å²) >= 11 is 1.69. The van der Waals surface area contributed by atoms with Crippen LogP contribution in [0.4, 0.5) is 0 Å². The number of imidazole rings is 1. The first kappa shape index (κ1) is 10.4. The number of hydrogen-bond donors (Lipinski definition) is 1. The lowest BCUT2D eigenvalue weighted by atomic mass is 10.3. The van der Waals surface area contributed by atoms with Gasteiger partial charge < -0.3 is 9.67 Å². The summed E-state index contributed by atoms with van der Waals surface area (Å²) in [7, 11) is 1.99. The molecule has 0 saturated carbocycles. The van der Waals surface area contributed by atoms with Crippen molar-refractivity contribution in [2.75, 3.05) is 6.61 Å². The van der Waals surface area contributed by atoms with Crippen molar-refractivity contribution in [1.82, 2.24) is 9.55 Å². The standard InChI is InChI=1S/C11H14N2OS/c1-8-11(9-4-3-7-15-9)12-10(5-6-14)13(8)2/h3-4,7,14H,5-6H2,1-2H3. The van der Waals surface area contributed by atoms with Gasteiger partial charge in [0.05, 0.1) is 11.5 Å². The van der Waals surface area contributed by atoms with Crippen LogP contribution in [0.15, 0.2) is 17.5 Å². The van der Waals surface area contributed by atoms with Gasteiger partial charge in [-0.3, -0.25) is 0 Å². The molecular weight excluding hydrogens is 208 g/mol. The number of hydrogen-bond acceptors (Lipinski definition) is 3. The Balaban J connectivity index is 2.45. The highest BCUT2D eigenvalue weighted by Crippen LogP contribution is 2.27. The average Bonchev–Trinajstić information content (AvgIpc) is 2.82.